The number of hydrogen-bond acceptors (Lipinski definition) is 5. The maximum Gasteiger partial charge on any atom is 0.290 e. The summed E-state index contributed by atoms with van der Waals surface area (Å²) in [4.78, 5) is 27.5. The lowest BCUT2D eigenvalue weighted by Crippen LogP contribution is -2.48. The molecule has 7 heteroatoms. The summed E-state index contributed by atoms with van der Waals surface area (Å²) >= 11 is 0. The number of rotatable bonds is 3. The van der Waals surface area contributed by atoms with Crippen LogP contribution in [-0.2, 0) is 0 Å². The second kappa shape index (κ2) is 6.99. The van der Waals surface area contributed by atoms with Gasteiger partial charge in [0, 0.05) is 54.9 Å². The van der Waals surface area contributed by atoms with Gasteiger partial charge in [-0.25, -0.2) is 0 Å². The van der Waals surface area contributed by atoms with Gasteiger partial charge in [-0.3, -0.25) is 14.9 Å². The Balaban J connectivity index is 1.50. The maximum absolute atomic E-state index is 13.0. The highest BCUT2D eigenvalue weighted by molar-refractivity contribution is 5.99. The van der Waals surface area contributed by atoms with Crippen molar-refractivity contribution in [1.29, 1.82) is 0 Å². The molecule has 1 aliphatic heterocycles. The summed E-state index contributed by atoms with van der Waals surface area (Å²) in [5.74, 6) is 0.292. The number of nitro groups is 1. The molecule has 1 aliphatic rings. The lowest BCUT2D eigenvalue weighted by Gasteiger charge is -2.35. The third-order valence-electron chi connectivity index (χ3n) is 5.33. The van der Waals surface area contributed by atoms with Crippen LogP contribution in [0, 0.1) is 24.0 Å². The van der Waals surface area contributed by atoms with Gasteiger partial charge in [0.2, 0.25) is 0 Å². The molecule has 1 aromatic heterocycles. The van der Waals surface area contributed by atoms with Gasteiger partial charge in [0.25, 0.3) is 11.6 Å². The predicted octanol–water partition coefficient (Wildman–Crippen LogP) is 3.92. The largest absolute Gasteiger partial charge is 0.450 e. The number of piperazine rings is 1. The molecule has 0 spiro atoms. The summed E-state index contributed by atoms with van der Waals surface area (Å²) in [6.07, 6.45) is 0. The first-order chi connectivity index (χ1) is 13.5. The van der Waals surface area contributed by atoms with Crippen molar-refractivity contribution in [2.45, 2.75) is 13.8 Å². The summed E-state index contributed by atoms with van der Waals surface area (Å²) in [5, 5.41) is 12.0. The fourth-order valence-electron chi connectivity index (χ4n) is 3.70. The molecular formula is C21H21N3O4. The molecule has 0 atom stereocenters. The van der Waals surface area contributed by atoms with E-state index < -0.39 is 4.92 Å². The van der Waals surface area contributed by atoms with E-state index in [2.05, 4.69) is 4.90 Å². The minimum atomic E-state index is -0.393. The zero-order valence-corrected chi connectivity index (χ0v) is 15.8. The Hall–Kier alpha value is -3.35. The van der Waals surface area contributed by atoms with Crippen molar-refractivity contribution >= 4 is 28.3 Å². The van der Waals surface area contributed by atoms with Crippen molar-refractivity contribution in [3.63, 3.8) is 0 Å². The number of anilines is 1. The van der Waals surface area contributed by atoms with Crippen LogP contribution in [0.1, 0.15) is 21.7 Å². The standard InChI is InChI=1S/C21H21N3O4/c1-14-5-3-8-18-15(2)20(28-19(14)18)21(25)23-11-9-22(10-12-23)16-6-4-7-17(13-16)24(26)27/h3-8,13H,9-12H2,1-2H3. The number of nitrogens with zero attached hydrogens (tertiary/aromatic N) is 3. The summed E-state index contributed by atoms with van der Waals surface area (Å²) in [6.45, 7) is 6.19. The van der Waals surface area contributed by atoms with Crippen LogP contribution in [0.15, 0.2) is 46.9 Å². The third-order valence-corrected chi connectivity index (χ3v) is 5.33. The van der Waals surface area contributed by atoms with Gasteiger partial charge in [0.1, 0.15) is 5.58 Å². The molecule has 1 amide bonds. The van der Waals surface area contributed by atoms with Crippen LogP contribution in [0.2, 0.25) is 0 Å². The Kier molecular flexibility index (Phi) is 4.50. The first-order valence-corrected chi connectivity index (χ1v) is 9.23. The maximum atomic E-state index is 13.0. The highest BCUT2D eigenvalue weighted by Crippen LogP contribution is 2.29. The van der Waals surface area contributed by atoms with Crippen molar-refractivity contribution in [2.24, 2.45) is 0 Å². The third kappa shape index (κ3) is 3.09. The number of carbonyl (C=O) groups is 1. The van der Waals surface area contributed by atoms with E-state index in [1.807, 2.05) is 38.1 Å². The van der Waals surface area contributed by atoms with Crippen LogP contribution >= 0.6 is 0 Å². The molecule has 1 saturated heterocycles. The zero-order valence-electron chi connectivity index (χ0n) is 15.8. The van der Waals surface area contributed by atoms with Crippen LogP contribution in [0.5, 0.6) is 0 Å². The van der Waals surface area contributed by atoms with E-state index in [9.17, 15) is 14.9 Å². The van der Waals surface area contributed by atoms with Gasteiger partial charge < -0.3 is 14.2 Å². The van der Waals surface area contributed by atoms with Crippen LogP contribution < -0.4 is 4.90 Å². The molecule has 0 saturated carbocycles. The molecule has 0 N–H and O–H groups in total. The topological polar surface area (TPSA) is 79.8 Å². The number of furan rings is 1. The van der Waals surface area contributed by atoms with Gasteiger partial charge >= 0.3 is 0 Å². The molecule has 2 heterocycles. The van der Waals surface area contributed by atoms with Gasteiger partial charge in [0.15, 0.2) is 5.76 Å². The van der Waals surface area contributed by atoms with E-state index in [-0.39, 0.29) is 11.6 Å². The first-order valence-electron chi connectivity index (χ1n) is 9.23. The number of fused-ring (bicyclic) bond motifs is 1. The SMILES string of the molecule is Cc1c(C(=O)N2CCN(c3cccc([N+](=O)[O-])c3)CC2)oc2c(C)cccc12. The van der Waals surface area contributed by atoms with Crippen LogP contribution in [0.4, 0.5) is 11.4 Å². The fraction of sp³-hybridized carbons (Fsp3) is 0.286. The molecule has 0 aliphatic carbocycles. The minimum absolute atomic E-state index is 0.0734. The molecule has 144 valence electrons. The monoisotopic (exact) mass is 379 g/mol. The molecule has 4 rings (SSSR count). The summed E-state index contributed by atoms with van der Waals surface area (Å²) in [6, 6.07) is 12.5. The van der Waals surface area contributed by atoms with E-state index in [4.69, 9.17) is 4.42 Å². The number of hydrogen-bond donors (Lipinski definition) is 0. The Bertz CT molecular complexity index is 1060. The lowest BCUT2D eigenvalue weighted by atomic mass is 10.1. The zero-order chi connectivity index (χ0) is 19.8. The predicted molar refractivity (Wildman–Crippen MR) is 107 cm³/mol. The average Bonchev–Trinajstić information content (AvgIpc) is 3.06. The second-order valence-electron chi connectivity index (χ2n) is 7.06. The van der Waals surface area contributed by atoms with Gasteiger partial charge in [-0.15, -0.1) is 0 Å². The average molecular weight is 379 g/mol. The fourth-order valence-corrected chi connectivity index (χ4v) is 3.70. The van der Waals surface area contributed by atoms with Crippen molar-refractivity contribution < 1.29 is 14.1 Å². The van der Waals surface area contributed by atoms with E-state index in [1.165, 1.54) is 6.07 Å². The van der Waals surface area contributed by atoms with E-state index >= 15 is 0 Å². The Morgan fingerprint density at radius 1 is 1.07 bits per heavy atom. The number of benzene rings is 2. The van der Waals surface area contributed by atoms with Crippen LogP contribution in [-0.4, -0.2) is 41.9 Å². The number of carbonyl (C=O) groups excluding carboxylic acids is 1. The van der Waals surface area contributed by atoms with Crippen LogP contribution in [0.25, 0.3) is 11.0 Å². The second-order valence-corrected chi connectivity index (χ2v) is 7.06. The van der Waals surface area contributed by atoms with Crippen LogP contribution in [0.3, 0.4) is 0 Å². The summed E-state index contributed by atoms with van der Waals surface area (Å²) in [5.41, 5.74) is 3.51. The number of nitro benzene ring substituents is 1. The summed E-state index contributed by atoms with van der Waals surface area (Å²) < 4.78 is 5.92. The number of aryl methyl sites for hydroxylation is 2. The van der Waals surface area contributed by atoms with Crippen molar-refractivity contribution in [1.82, 2.24) is 4.90 Å². The normalized spacial score (nSPS) is 14.5. The molecule has 0 radical (unpaired) electrons. The Labute approximate surface area is 162 Å². The van der Waals surface area contributed by atoms with Gasteiger partial charge in [-0.1, -0.05) is 24.3 Å². The van der Waals surface area contributed by atoms with Crippen molar-refractivity contribution in [3.05, 3.63) is 69.5 Å². The molecule has 0 unspecified atom stereocenters. The molecule has 1 fully saturated rings. The smallest absolute Gasteiger partial charge is 0.290 e. The first kappa shape index (κ1) is 18.0. The van der Waals surface area contributed by atoms with E-state index in [1.54, 1.807) is 17.0 Å². The lowest BCUT2D eigenvalue weighted by molar-refractivity contribution is -0.384. The molecular weight excluding hydrogens is 358 g/mol. The molecule has 28 heavy (non-hydrogen) atoms. The van der Waals surface area contributed by atoms with Crippen molar-refractivity contribution in [2.75, 3.05) is 31.1 Å². The number of amides is 1. The van der Waals surface area contributed by atoms with Crippen molar-refractivity contribution in [3.8, 4) is 0 Å². The van der Waals surface area contributed by atoms with E-state index in [0.29, 0.717) is 31.9 Å². The Morgan fingerprint density at radius 3 is 2.46 bits per heavy atom. The quantitative estimate of drug-likeness (QED) is 0.509. The number of para-hydroxylation sites is 1. The van der Waals surface area contributed by atoms with Gasteiger partial charge in [0.05, 0.1) is 4.92 Å². The Morgan fingerprint density at radius 2 is 1.79 bits per heavy atom. The van der Waals surface area contributed by atoms with E-state index in [0.717, 1.165) is 27.8 Å². The highest BCUT2D eigenvalue weighted by Gasteiger charge is 2.27. The molecule has 0 bridgehead atoms. The molecule has 3 aromatic rings. The minimum Gasteiger partial charge on any atom is -0.450 e. The summed E-state index contributed by atoms with van der Waals surface area (Å²) in [7, 11) is 0. The number of non-ortho nitro benzene ring substituents is 1. The van der Waals surface area contributed by atoms with Gasteiger partial charge in [-0.05, 0) is 25.5 Å². The molecule has 2 aromatic carbocycles. The van der Waals surface area contributed by atoms with Gasteiger partial charge in [-0.2, -0.15) is 0 Å². The molecule has 7 nitrogen and oxygen atoms in total. The highest BCUT2D eigenvalue weighted by atomic mass is 16.6.